The molecule has 0 saturated heterocycles. The maximum Gasteiger partial charge on any atom is 0.130 e. The average molecular weight is 248 g/mol. The van der Waals surface area contributed by atoms with Crippen LogP contribution in [0.2, 0.25) is 5.02 Å². The van der Waals surface area contributed by atoms with E-state index < -0.39 is 0 Å². The number of benzene rings is 1. The second kappa shape index (κ2) is 5.19. The summed E-state index contributed by atoms with van der Waals surface area (Å²) in [6, 6.07) is 9.59. The zero-order valence-electron chi connectivity index (χ0n) is 9.90. The highest BCUT2D eigenvalue weighted by Crippen LogP contribution is 2.21. The molecule has 0 unspecified atom stereocenters. The minimum absolute atomic E-state index is 0.435. The minimum atomic E-state index is 0.435. The van der Waals surface area contributed by atoms with Crippen molar-refractivity contribution in [3.8, 4) is 5.75 Å². The molecule has 3 heteroatoms. The number of nitrogens with zero attached hydrogens (tertiary/aromatic N) is 1. The van der Waals surface area contributed by atoms with E-state index in [4.69, 9.17) is 16.3 Å². The Hall–Kier alpha value is -1.54. The molecule has 2 aromatic rings. The van der Waals surface area contributed by atoms with E-state index in [0.29, 0.717) is 11.6 Å². The zero-order valence-corrected chi connectivity index (χ0v) is 10.7. The van der Waals surface area contributed by atoms with Crippen molar-refractivity contribution < 1.29 is 4.74 Å². The maximum absolute atomic E-state index is 5.89. The first-order chi connectivity index (χ1) is 8.16. The van der Waals surface area contributed by atoms with E-state index in [1.807, 2.05) is 18.2 Å². The number of rotatable bonds is 3. The molecule has 2 nitrogen and oxygen atoms in total. The molecular weight excluding hydrogens is 234 g/mol. The highest BCUT2D eigenvalue weighted by Gasteiger charge is 2.03. The molecule has 1 aromatic carbocycles. The summed E-state index contributed by atoms with van der Waals surface area (Å²) in [5.74, 6) is 0.895. The summed E-state index contributed by atoms with van der Waals surface area (Å²) < 4.78 is 5.74. The topological polar surface area (TPSA) is 22.1 Å². The molecule has 0 saturated carbocycles. The zero-order chi connectivity index (χ0) is 12.3. The Bertz CT molecular complexity index is 525. The predicted octanol–water partition coefficient (Wildman–Crippen LogP) is 3.93. The molecule has 1 aromatic heterocycles. The van der Waals surface area contributed by atoms with Crippen molar-refractivity contribution in [2.45, 2.75) is 20.5 Å². The van der Waals surface area contributed by atoms with Crippen molar-refractivity contribution in [3.63, 3.8) is 0 Å². The van der Waals surface area contributed by atoms with Crippen LogP contribution in [0, 0.1) is 13.8 Å². The fraction of sp³-hybridized carbons (Fsp3) is 0.214. The van der Waals surface area contributed by atoms with Gasteiger partial charge in [-0.15, -0.1) is 0 Å². The molecule has 0 amide bonds. The van der Waals surface area contributed by atoms with Crippen molar-refractivity contribution in [2.75, 3.05) is 0 Å². The maximum atomic E-state index is 5.89. The van der Waals surface area contributed by atoms with E-state index in [1.165, 1.54) is 5.56 Å². The number of hydrogen-bond acceptors (Lipinski definition) is 2. The third kappa shape index (κ3) is 2.98. The van der Waals surface area contributed by atoms with Crippen LogP contribution in [0.15, 0.2) is 36.5 Å². The van der Waals surface area contributed by atoms with Gasteiger partial charge in [0.05, 0.1) is 5.69 Å². The monoisotopic (exact) mass is 247 g/mol. The summed E-state index contributed by atoms with van der Waals surface area (Å²) in [5, 5.41) is 0.680. The summed E-state index contributed by atoms with van der Waals surface area (Å²) in [6.45, 7) is 4.56. The van der Waals surface area contributed by atoms with E-state index in [0.717, 1.165) is 17.0 Å². The van der Waals surface area contributed by atoms with Gasteiger partial charge in [-0.1, -0.05) is 23.7 Å². The predicted molar refractivity (Wildman–Crippen MR) is 69.5 cm³/mol. The van der Waals surface area contributed by atoms with Gasteiger partial charge in [-0.25, -0.2) is 0 Å². The first kappa shape index (κ1) is 11.9. The van der Waals surface area contributed by atoms with E-state index in [2.05, 4.69) is 24.9 Å². The molecular formula is C14H14ClNO. The molecule has 0 aliphatic rings. The summed E-state index contributed by atoms with van der Waals surface area (Å²) >= 11 is 5.89. The summed E-state index contributed by atoms with van der Waals surface area (Å²) in [4.78, 5) is 4.20. The Labute approximate surface area is 106 Å². The average Bonchev–Trinajstić information content (AvgIpc) is 2.31. The van der Waals surface area contributed by atoms with Gasteiger partial charge in [-0.05, 0) is 43.2 Å². The van der Waals surface area contributed by atoms with Crippen molar-refractivity contribution >= 4 is 11.6 Å². The van der Waals surface area contributed by atoms with Gasteiger partial charge < -0.3 is 4.74 Å². The van der Waals surface area contributed by atoms with Crippen LogP contribution in [0.4, 0.5) is 0 Å². The smallest absolute Gasteiger partial charge is 0.130 e. The van der Waals surface area contributed by atoms with E-state index in [1.54, 1.807) is 12.3 Å². The highest BCUT2D eigenvalue weighted by atomic mass is 35.5. The summed E-state index contributed by atoms with van der Waals surface area (Å²) in [5.41, 5.74) is 3.22. The summed E-state index contributed by atoms with van der Waals surface area (Å²) in [6.07, 6.45) is 1.68. The van der Waals surface area contributed by atoms with Crippen molar-refractivity contribution in [2.24, 2.45) is 0 Å². The van der Waals surface area contributed by atoms with Gasteiger partial charge in [0.15, 0.2) is 0 Å². The molecule has 88 valence electrons. The van der Waals surface area contributed by atoms with Gasteiger partial charge in [-0.3, -0.25) is 4.98 Å². The van der Waals surface area contributed by atoms with Crippen molar-refractivity contribution in [1.29, 1.82) is 0 Å². The van der Waals surface area contributed by atoms with Crippen LogP contribution in [-0.4, -0.2) is 4.98 Å². The minimum Gasteiger partial charge on any atom is -0.487 e. The molecule has 0 aliphatic carbocycles. The van der Waals surface area contributed by atoms with Crippen molar-refractivity contribution in [3.05, 3.63) is 58.4 Å². The molecule has 2 rings (SSSR count). The van der Waals surface area contributed by atoms with Crippen LogP contribution in [0.3, 0.4) is 0 Å². The Kier molecular flexibility index (Phi) is 3.64. The number of aryl methyl sites for hydroxylation is 1. The lowest BCUT2D eigenvalue weighted by Gasteiger charge is -2.10. The second-order valence-electron chi connectivity index (χ2n) is 3.95. The third-order valence-corrected chi connectivity index (χ3v) is 2.94. The van der Waals surface area contributed by atoms with Crippen LogP contribution in [-0.2, 0) is 6.61 Å². The first-order valence-corrected chi connectivity index (χ1v) is 5.84. The van der Waals surface area contributed by atoms with Crippen LogP contribution in [0.5, 0.6) is 5.75 Å². The lowest BCUT2D eigenvalue weighted by atomic mass is 10.1. The Balaban J connectivity index is 2.10. The highest BCUT2D eigenvalue weighted by molar-refractivity contribution is 6.30. The number of hydrogen-bond donors (Lipinski definition) is 0. The second-order valence-corrected chi connectivity index (χ2v) is 4.39. The van der Waals surface area contributed by atoms with Crippen LogP contribution in [0.25, 0.3) is 0 Å². The standard InChI is InChI=1S/C14H14ClNO/c1-10-4-3-5-14(11(10)2)17-9-13-8-12(15)6-7-16-13/h3-8H,9H2,1-2H3. The fourth-order valence-corrected chi connectivity index (χ4v) is 1.74. The number of pyridine rings is 1. The Morgan fingerprint density at radius 2 is 2.06 bits per heavy atom. The van der Waals surface area contributed by atoms with E-state index >= 15 is 0 Å². The fourth-order valence-electron chi connectivity index (χ4n) is 1.56. The lowest BCUT2D eigenvalue weighted by Crippen LogP contribution is -1.99. The van der Waals surface area contributed by atoms with Gasteiger partial charge in [0.1, 0.15) is 12.4 Å². The SMILES string of the molecule is Cc1cccc(OCc2cc(Cl)ccn2)c1C. The van der Waals surface area contributed by atoms with Gasteiger partial charge in [0, 0.05) is 11.2 Å². The number of halogens is 1. The van der Waals surface area contributed by atoms with E-state index in [9.17, 15) is 0 Å². The first-order valence-electron chi connectivity index (χ1n) is 5.46. The van der Waals surface area contributed by atoms with Crippen LogP contribution in [0.1, 0.15) is 16.8 Å². The quantitative estimate of drug-likeness (QED) is 0.820. The van der Waals surface area contributed by atoms with Gasteiger partial charge in [0.25, 0.3) is 0 Å². The molecule has 0 aliphatic heterocycles. The van der Waals surface area contributed by atoms with Gasteiger partial charge >= 0.3 is 0 Å². The molecule has 1 heterocycles. The molecule has 0 radical (unpaired) electrons. The Morgan fingerprint density at radius 1 is 1.24 bits per heavy atom. The van der Waals surface area contributed by atoms with Crippen molar-refractivity contribution in [1.82, 2.24) is 4.98 Å². The molecule has 17 heavy (non-hydrogen) atoms. The molecule has 0 atom stereocenters. The molecule has 0 N–H and O–H groups in total. The van der Waals surface area contributed by atoms with E-state index in [-0.39, 0.29) is 0 Å². The largest absolute Gasteiger partial charge is 0.487 e. The Morgan fingerprint density at radius 3 is 2.82 bits per heavy atom. The molecule has 0 fully saturated rings. The third-order valence-electron chi connectivity index (χ3n) is 2.71. The van der Waals surface area contributed by atoms with Crippen LogP contribution >= 0.6 is 11.6 Å². The molecule has 0 bridgehead atoms. The van der Waals surface area contributed by atoms with Gasteiger partial charge in [0.2, 0.25) is 0 Å². The summed E-state index contributed by atoms with van der Waals surface area (Å²) in [7, 11) is 0. The molecule has 0 spiro atoms. The number of aromatic nitrogens is 1. The van der Waals surface area contributed by atoms with Crippen LogP contribution < -0.4 is 4.74 Å². The number of ether oxygens (including phenoxy) is 1. The van der Waals surface area contributed by atoms with Gasteiger partial charge in [-0.2, -0.15) is 0 Å². The normalized spacial score (nSPS) is 10.3. The lowest BCUT2D eigenvalue weighted by molar-refractivity contribution is 0.299.